The summed E-state index contributed by atoms with van der Waals surface area (Å²) < 4.78 is 26.6. The van der Waals surface area contributed by atoms with Crippen LogP contribution in [-0.2, 0) is 9.84 Å². The van der Waals surface area contributed by atoms with Crippen LogP contribution in [0.5, 0.6) is 0 Å². The Labute approximate surface area is 219 Å². The number of hydrogen-bond acceptors (Lipinski definition) is 10. The number of nitrogen functional groups attached to an aromatic ring is 2. The van der Waals surface area contributed by atoms with Gasteiger partial charge in [0, 0.05) is 33.3 Å². The van der Waals surface area contributed by atoms with Gasteiger partial charge in [-0.1, -0.05) is 23.5 Å². The van der Waals surface area contributed by atoms with Crippen LogP contribution < -0.4 is 11.5 Å². The lowest BCUT2D eigenvalue weighted by Crippen LogP contribution is -2.05. The average molecular weight is 555 g/mol. The molecule has 13 heteroatoms. The zero-order valence-corrected chi connectivity index (χ0v) is 21.3. The van der Waals surface area contributed by atoms with Crippen molar-refractivity contribution in [2.75, 3.05) is 11.5 Å². The minimum absolute atomic E-state index is 0.231. The lowest BCUT2D eigenvalue weighted by atomic mass is 10.3. The van der Waals surface area contributed by atoms with Crippen LogP contribution in [0.1, 0.15) is 0 Å². The molecule has 37 heavy (non-hydrogen) atoms. The molecule has 0 aromatic heterocycles. The first kappa shape index (κ1) is 26.0. The van der Waals surface area contributed by atoms with E-state index in [0.29, 0.717) is 21.2 Å². The second kappa shape index (κ2) is 10.5. The fourth-order valence-corrected chi connectivity index (χ4v) is 6.35. The van der Waals surface area contributed by atoms with Gasteiger partial charge in [-0.2, -0.15) is 0 Å². The molecule has 0 aliphatic carbocycles. The first-order valence-electron chi connectivity index (χ1n) is 10.4. The van der Waals surface area contributed by atoms with E-state index >= 15 is 0 Å². The molecule has 0 saturated carbocycles. The van der Waals surface area contributed by atoms with Crippen molar-refractivity contribution >= 4 is 56.1 Å². The standard InChI is InChI=1S/C24H18N4O6S3/c25-15-1-5-17(6-2-15)35-23-11-9-19(13-21(23)27(29)30)37(33,34)20-10-12-24(22(14-20)28(31)32)36-18-7-3-16(26)4-8-18/h1-14H,25-26H2. The number of sulfone groups is 1. The van der Waals surface area contributed by atoms with Crippen LogP contribution in [0, 0.1) is 20.2 Å². The van der Waals surface area contributed by atoms with E-state index in [0.717, 1.165) is 35.7 Å². The molecule has 4 rings (SSSR count). The number of nitrogens with two attached hydrogens (primary N) is 2. The Morgan fingerprint density at radius 2 is 0.946 bits per heavy atom. The lowest BCUT2D eigenvalue weighted by Gasteiger charge is -2.09. The van der Waals surface area contributed by atoms with E-state index in [1.807, 2.05) is 0 Å². The molecule has 0 amide bonds. The fourth-order valence-electron chi connectivity index (χ4n) is 3.25. The summed E-state index contributed by atoms with van der Waals surface area (Å²) >= 11 is 2.17. The second-order valence-electron chi connectivity index (χ2n) is 7.62. The molecule has 0 aliphatic heterocycles. The van der Waals surface area contributed by atoms with Crippen molar-refractivity contribution in [2.45, 2.75) is 29.4 Å². The van der Waals surface area contributed by atoms with Gasteiger partial charge in [0.2, 0.25) is 9.84 Å². The Morgan fingerprint density at radius 3 is 1.27 bits per heavy atom. The average Bonchev–Trinajstić information content (AvgIpc) is 2.86. The van der Waals surface area contributed by atoms with Crippen LogP contribution in [0.15, 0.2) is 114 Å². The van der Waals surface area contributed by atoms with Crippen molar-refractivity contribution in [1.29, 1.82) is 0 Å². The molecule has 0 heterocycles. The van der Waals surface area contributed by atoms with Crippen LogP contribution in [0.2, 0.25) is 0 Å². The third kappa shape index (κ3) is 5.85. The molecule has 0 atom stereocenters. The molecule has 0 bridgehead atoms. The summed E-state index contributed by atoms with van der Waals surface area (Å²) in [5, 5.41) is 23.5. The van der Waals surface area contributed by atoms with E-state index in [4.69, 9.17) is 11.5 Å². The SMILES string of the molecule is Nc1ccc(Sc2ccc(S(=O)(=O)c3ccc(Sc4ccc(N)cc4)c([N+](=O)[O-])c3)cc2[N+](=O)[O-])cc1. The molecule has 0 aliphatic rings. The molecular weight excluding hydrogens is 536 g/mol. The third-order valence-electron chi connectivity index (χ3n) is 5.09. The highest BCUT2D eigenvalue weighted by molar-refractivity contribution is 7.99. The van der Waals surface area contributed by atoms with Gasteiger partial charge in [0.05, 0.1) is 29.4 Å². The second-order valence-corrected chi connectivity index (χ2v) is 11.8. The van der Waals surface area contributed by atoms with Gasteiger partial charge < -0.3 is 11.5 Å². The fraction of sp³-hybridized carbons (Fsp3) is 0. The molecule has 10 nitrogen and oxygen atoms in total. The number of nitrogens with zero attached hydrogens (tertiary/aromatic N) is 2. The Kier molecular flexibility index (Phi) is 7.38. The molecule has 4 aromatic carbocycles. The summed E-state index contributed by atoms with van der Waals surface area (Å²) in [5.74, 6) is 0. The topological polar surface area (TPSA) is 172 Å². The van der Waals surface area contributed by atoms with Gasteiger partial charge in [-0.3, -0.25) is 20.2 Å². The van der Waals surface area contributed by atoms with Crippen molar-refractivity contribution < 1.29 is 18.3 Å². The maximum absolute atomic E-state index is 13.3. The number of nitro benzene ring substituents is 2. The molecule has 188 valence electrons. The minimum atomic E-state index is -4.30. The molecule has 4 N–H and O–H groups in total. The highest BCUT2D eigenvalue weighted by Gasteiger charge is 2.27. The van der Waals surface area contributed by atoms with Gasteiger partial charge in [-0.15, -0.1) is 0 Å². The van der Waals surface area contributed by atoms with Crippen LogP contribution in [0.3, 0.4) is 0 Å². The van der Waals surface area contributed by atoms with Gasteiger partial charge in [0.25, 0.3) is 11.4 Å². The molecule has 4 aromatic rings. The zero-order valence-electron chi connectivity index (χ0n) is 18.8. The smallest absolute Gasteiger partial charge is 0.284 e. The summed E-state index contributed by atoms with van der Waals surface area (Å²) in [6, 6.07) is 20.4. The van der Waals surface area contributed by atoms with E-state index in [1.54, 1.807) is 48.5 Å². The van der Waals surface area contributed by atoms with E-state index < -0.39 is 31.1 Å². The van der Waals surface area contributed by atoms with Crippen molar-refractivity contribution in [2.24, 2.45) is 0 Å². The molecule has 0 saturated heterocycles. The normalized spacial score (nSPS) is 11.2. The Bertz CT molecular complexity index is 1490. The minimum Gasteiger partial charge on any atom is -0.399 e. The summed E-state index contributed by atoms with van der Waals surface area (Å²) in [4.78, 5) is 23.3. The van der Waals surface area contributed by atoms with Crippen molar-refractivity contribution in [1.82, 2.24) is 0 Å². The van der Waals surface area contributed by atoms with E-state index in [-0.39, 0.29) is 19.6 Å². The predicted molar refractivity (Wildman–Crippen MR) is 142 cm³/mol. The number of anilines is 2. The summed E-state index contributed by atoms with van der Waals surface area (Å²) in [7, 11) is -4.30. The maximum Gasteiger partial charge on any atom is 0.284 e. The van der Waals surface area contributed by atoms with Crippen LogP contribution in [0.25, 0.3) is 0 Å². The lowest BCUT2D eigenvalue weighted by molar-refractivity contribution is -0.388. The van der Waals surface area contributed by atoms with E-state index in [9.17, 15) is 28.6 Å². The van der Waals surface area contributed by atoms with Gasteiger partial charge >= 0.3 is 0 Å². The Morgan fingerprint density at radius 1 is 0.595 bits per heavy atom. The largest absolute Gasteiger partial charge is 0.399 e. The van der Waals surface area contributed by atoms with Gasteiger partial charge in [-0.25, -0.2) is 8.42 Å². The van der Waals surface area contributed by atoms with Crippen molar-refractivity contribution in [3.63, 3.8) is 0 Å². The molecule has 0 unspecified atom stereocenters. The summed E-state index contributed by atoms with van der Waals surface area (Å²) in [5.41, 5.74) is 11.6. The summed E-state index contributed by atoms with van der Waals surface area (Å²) in [6.45, 7) is 0. The summed E-state index contributed by atoms with van der Waals surface area (Å²) in [6.07, 6.45) is 0. The van der Waals surface area contributed by atoms with Crippen molar-refractivity contribution in [3.8, 4) is 0 Å². The Balaban J connectivity index is 1.70. The number of benzene rings is 4. The number of hydrogen-bond donors (Lipinski definition) is 2. The number of nitro groups is 2. The molecule has 0 spiro atoms. The highest BCUT2D eigenvalue weighted by Crippen LogP contribution is 2.40. The Hall–Kier alpha value is -4.07. The van der Waals surface area contributed by atoms with E-state index in [1.165, 1.54) is 24.3 Å². The van der Waals surface area contributed by atoms with Crippen LogP contribution >= 0.6 is 23.5 Å². The van der Waals surface area contributed by atoms with E-state index in [2.05, 4.69) is 0 Å². The van der Waals surface area contributed by atoms with Gasteiger partial charge in [-0.05, 0) is 72.8 Å². The monoisotopic (exact) mass is 554 g/mol. The van der Waals surface area contributed by atoms with Gasteiger partial charge in [0.15, 0.2) is 0 Å². The molecule has 0 fully saturated rings. The first-order valence-corrected chi connectivity index (χ1v) is 13.5. The van der Waals surface area contributed by atoms with Crippen molar-refractivity contribution in [3.05, 3.63) is 105 Å². The van der Waals surface area contributed by atoms with Crippen LogP contribution in [0.4, 0.5) is 22.7 Å². The predicted octanol–water partition coefficient (Wildman–Crippen LogP) is 5.80. The third-order valence-corrected chi connectivity index (χ3v) is 8.99. The number of rotatable bonds is 8. The quantitative estimate of drug-likeness (QED) is 0.154. The van der Waals surface area contributed by atoms with Crippen LogP contribution in [-0.4, -0.2) is 18.3 Å². The maximum atomic E-state index is 13.3. The first-order chi connectivity index (χ1) is 17.5. The molecule has 0 radical (unpaired) electrons. The zero-order chi connectivity index (χ0) is 26.7. The molecular formula is C24H18N4O6S3. The highest BCUT2D eigenvalue weighted by atomic mass is 32.2. The van der Waals surface area contributed by atoms with Gasteiger partial charge in [0.1, 0.15) is 0 Å².